The molecule has 0 bridgehead atoms. The van der Waals surface area contributed by atoms with Gasteiger partial charge >= 0.3 is 5.97 Å². The van der Waals surface area contributed by atoms with Crippen LogP contribution in [0.1, 0.15) is 20.3 Å². The maximum Gasteiger partial charge on any atom is 0.302 e. The fourth-order valence-electron chi connectivity index (χ4n) is 0.246. The number of carbonyl (C=O) groups is 1. The van der Waals surface area contributed by atoms with Gasteiger partial charge in [-0.05, 0) is 6.42 Å². The first kappa shape index (κ1) is 81.3. The second-order valence-electron chi connectivity index (χ2n) is 1.34. The molecule has 0 aromatic rings. The molecule has 15 heavy (non-hydrogen) atoms. The van der Waals surface area contributed by atoms with Crippen LogP contribution < -0.4 is 0 Å². The van der Waals surface area contributed by atoms with E-state index in [9.17, 15) is 4.79 Å². The van der Waals surface area contributed by atoms with Crippen LogP contribution in [0.3, 0.4) is 0 Å². The van der Waals surface area contributed by atoms with Crippen molar-refractivity contribution in [2.24, 2.45) is 0 Å². The Bertz CT molecular complexity index is 76.1. The second-order valence-corrected chi connectivity index (χ2v) is 1.34. The second kappa shape index (κ2) is 65.4. The summed E-state index contributed by atoms with van der Waals surface area (Å²) in [5.41, 5.74) is 0. The van der Waals surface area contributed by atoms with Crippen molar-refractivity contribution in [3.05, 3.63) is 0 Å². The quantitative estimate of drug-likeness (QED) is 0.373. The molecule has 12 N–H and O–H groups in total. The van der Waals surface area contributed by atoms with Gasteiger partial charge in [0.1, 0.15) is 0 Å². The third-order valence-electron chi connectivity index (χ3n) is 0.509. The topological polar surface area (TPSA) is 215 Å². The molecule has 0 aromatic carbocycles. The molecule has 0 atom stereocenters. The van der Waals surface area contributed by atoms with Gasteiger partial charge in [-0.2, -0.15) is 0 Å². The Morgan fingerprint density at radius 3 is 1.33 bits per heavy atom. The van der Waals surface area contributed by atoms with Crippen molar-refractivity contribution in [1.29, 1.82) is 0 Å². The van der Waals surface area contributed by atoms with Gasteiger partial charge in [0, 0.05) is 24.0 Å². The van der Waals surface area contributed by atoms with Crippen molar-refractivity contribution < 1.29 is 59.5 Å². The summed E-state index contributed by atoms with van der Waals surface area (Å²) in [6, 6.07) is 0. The van der Waals surface area contributed by atoms with Gasteiger partial charge in [-0.3, -0.25) is 4.79 Å². The molecule has 10 heteroatoms. The van der Waals surface area contributed by atoms with Crippen molar-refractivity contribution in [2.75, 3.05) is 6.61 Å². The Kier molecular flexibility index (Phi) is 355. The molecular formula is C5H23ClFeO8. The van der Waals surface area contributed by atoms with Gasteiger partial charge in [-0.25, -0.2) is 0 Å². The summed E-state index contributed by atoms with van der Waals surface area (Å²) in [6.45, 7) is 3.92. The molecule has 0 rings (SSSR count). The van der Waals surface area contributed by atoms with Crippen LogP contribution in [0.2, 0.25) is 0 Å². The predicted octanol–water partition coefficient (Wildman–Crippen LogP) is -3.57. The molecule has 8 nitrogen and oxygen atoms in total. The first-order valence-corrected chi connectivity index (χ1v) is 2.40. The summed E-state index contributed by atoms with van der Waals surface area (Å²) in [4.78, 5) is 9.98. The number of hydrogen-bond acceptors (Lipinski definition) is 2. The Morgan fingerprint density at radius 1 is 1.00 bits per heavy atom. The fourth-order valence-corrected chi connectivity index (χ4v) is 0.246. The van der Waals surface area contributed by atoms with E-state index in [-0.39, 0.29) is 68.3 Å². The molecule has 0 aromatic heterocycles. The fraction of sp³-hybridized carbons (Fsp3) is 0.800. The van der Waals surface area contributed by atoms with Gasteiger partial charge in [0.15, 0.2) is 0 Å². The summed E-state index contributed by atoms with van der Waals surface area (Å²) in [5, 5.41) is 0. The van der Waals surface area contributed by atoms with Crippen LogP contribution in [0, 0.1) is 0 Å². The monoisotopic (exact) mass is 302 g/mol. The molecule has 106 valence electrons. The van der Waals surface area contributed by atoms with Gasteiger partial charge in [0.2, 0.25) is 0 Å². The molecule has 0 aliphatic carbocycles. The summed E-state index contributed by atoms with van der Waals surface area (Å²) in [6.07, 6.45) is 0.902. The van der Waals surface area contributed by atoms with Crippen LogP contribution in [-0.4, -0.2) is 45.4 Å². The summed E-state index contributed by atoms with van der Waals surface area (Å²) in [7, 11) is 0. The zero-order valence-electron chi connectivity index (χ0n) is 8.49. The van der Waals surface area contributed by atoms with E-state index < -0.39 is 0 Å². The van der Waals surface area contributed by atoms with E-state index >= 15 is 0 Å². The van der Waals surface area contributed by atoms with Crippen LogP contribution in [0.5, 0.6) is 0 Å². The van der Waals surface area contributed by atoms with Gasteiger partial charge in [-0.15, -0.1) is 12.4 Å². The summed E-state index contributed by atoms with van der Waals surface area (Å²) >= 11 is 0. The maximum atomic E-state index is 9.98. The Labute approximate surface area is 105 Å². The van der Waals surface area contributed by atoms with Gasteiger partial charge in [-0.1, -0.05) is 6.92 Å². The SMILES string of the molecule is CCCOC(C)=O.Cl.O.O.O.O.O.O.[Fe]. The number of ether oxygens (including phenoxy) is 1. The Hall–Kier alpha value is 0.0395. The molecular weight excluding hydrogens is 279 g/mol. The van der Waals surface area contributed by atoms with Crippen molar-refractivity contribution >= 4 is 18.4 Å². The Morgan fingerprint density at radius 2 is 1.27 bits per heavy atom. The van der Waals surface area contributed by atoms with E-state index in [0.717, 1.165) is 6.42 Å². The van der Waals surface area contributed by atoms with Gasteiger partial charge in [0.05, 0.1) is 6.61 Å². The number of halogens is 1. The van der Waals surface area contributed by atoms with Crippen molar-refractivity contribution in [2.45, 2.75) is 20.3 Å². The number of carbonyl (C=O) groups excluding carboxylic acids is 1. The van der Waals surface area contributed by atoms with E-state index in [4.69, 9.17) is 0 Å². The first-order chi connectivity index (χ1) is 3.27. The predicted molar refractivity (Wildman–Crippen MR) is 55.9 cm³/mol. The third kappa shape index (κ3) is 125. The van der Waals surface area contributed by atoms with E-state index in [0.29, 0.717) is 6.61 Å². The first-order valence-electron chi connectivity index (χ1n) is 2.40. The zero-order chi connectivity index (χ0) is 5.70. The van der Waals surface area contributed by atoms with E-state index in [1.807, 2.05) is 6.92 Å². The summed E-state index contributed by atoms with van der Waals surface area (Å²) in [5.74, 6) is -0.193. The average molecular weight is 303 g/mol. The molecule has 0 aliphatic rings. The van der Waals surface area contributed by atoms with Crippen LogP contribution in [0.4, 0.5) is 0 Å². The minimum atomic E-state index is -0.193. The molecule has 0 heterocycles. The normalized spacial score (nSPS) is 3.87. The van der Waals surface area contributed by atoms with Crippen molar-refractivity contribution in [3.8, 4) is 0 Å². The molecule has 0 unspecified atom stereocenters. The largest absolute Gasteiger partial charge is 0.466 e. The number of rotatable bonds is 2. The van der Waals surface area contributed by atoms with Gasteiger partial charge in [0.25, 0.3) is 0 Å². The number of esters is 1. The van der Waals surface area contributed by atoms with E-state index in [1.54, 1.807) is 0 Å². The molecule has 0 saturated carbocycles. The molecule has 0 aliphatic heterocycles. The molecule has 0 saturated heterocycles. The van der Waals surface area contributed by atoms with Crippen LogP contribution in [0.15, 0.2) is 0 Å². The van der Waals surface area contributed by atoms with Gasteiger partial charge < -0.3 is 37.6 Å². The standard InChI is InChI=1S/C5H10O2.ClH.Fe.6H2O/c1-3-4-7-5(2)6;;;;;;;;/h3-4H2,1-2H3;1H;;6*1H2. The van der Waals surface area contributed by atoms with Crippen LogP contribution >= 0.6 is 12.4 Å². The van der Waals surface area contributed by atoms with E-state index in [2.05, 4.69) is 4.74 Å². The summed E-state index contributed by atoms with van der Waals surface area (Å²) < 4.78 is 4.55. The van der Waals surface area contributed by atoms with Crippen LogP contribution in [0.25, 0.3) is 0 Å². The van der Waals surface area contributed by atoms with E-state index in [1.165, 1.54) is 6.92 Å². The Balaban J connectivity index is -0.00000000643. The van der Waals surface area contributed by atoms with Crippen LogP contribution in [-0.2, 0) is 26.6 Å². The van der Waals surface area contributed by atoms with Crippen molar-refractivity contribution in [1.82, 2.24) is 0 Å². The molecule has 0 radical (unpaired) electrons. The molecule has 0 fully saturated rings. The van der Waals surface area contributed by atoms with Crippen molar-refractivity contribution in [3.63, 3.8) is 0 Å². The minimum Gasteiger partial charge on any atom is -0.466 e. The third-order valence-corrected chi connectivity index (χ3v) is 0.509. The minimum absolute atomic E-state index is 0. The zero-order valence-corrected chi connectivity index (χ0v) is 10.4. The number of hydrogen-bond donors (Lipinski definition) is 0. The average Bonchev–Trinajstić information content (AvgIpc) is 1.61. The maximum absolute atomic E-state index is 9.98. The smallest absolute Gasteiger partial charge is 0.302 e. The molecule has 0 spiro atoms. The molecule has 0 amide bonds.